The largest absolute Gasteiger partial charge is 0.497 e. The molecule has 0 radical (unpaired) electrons. The second-order valence-corrected chi connectivity index (χ2v) is 21.0. The number of halogens is 3. The maximum Gasteiger partial charge on any atom is 0.427 e. The number of aromatic nitrogens is 1. The summed E-state index contributed by atoms with van der Waals surface area (Å²) in [6, 6.07) is 4.26. The number of amides is 2. The van der Waals surface area contributed by atoms with Gasteiger partial charge in [0, 0.05) is 23.8 Å². The van der Waals surface area contributed by atoms with Gasteiger partial charge >= 0.3 is 12.1 Å². The summed E-state index contributed by atoms with van der Waals surface area (Å²) in [4.78, 5) is 63.6. The van der Waals surface area contributed by atoms with Crippen molar-refractivity contribution in [1.82, 2.24) is 14.6 Å². The van der Waals surface area contributed by atoms with Crippen molar-refractivity contribution < 1.29 is 59.7 Å². The van der Waals surface area contributed by atoms with Crippen LogP contribution >= 0.6 is 0 Å². The number of Topliss-reactive ketones (excluding diaryl/α,β-unsaturated/α-hetero) is 1. The SMILES string of the molecule is CC[C@@H]1C[C@H](C)CC/C=C\[C@@H]2C[C@@]2(C(=O)NS(=O)(=O)C2(C)CC2)CC(=O)[C@@H]2C[C@@H](Oc3nc4c(c5cc(OC)ccc35)CCCO4)CN2C(=O)[C@H]1CC(=O)OC(C)(C)C(F)(F)F. The second kappa shape index (κ2) is 16.9. The molecule has 340 valence electrons. The van der Waals surface area contributed by atoms with Crippen LogP contribution in [0, 0.1) is 29.1 Å². The van der Waals surface area contributed by atoms with Crippen molar-refractivity contribution in [2.24, 2.45) is 29.1 Å². The van der Waals surface area contributed by atoms with Crippen molar-refractivity contribution in [3.8, 4) is 17.5 Å². The molecule has 2 saturated carbocycles. The Hall–Kier alpha value is -4.41. The number of alkyl halides is 3. The van der Waals surface area contributed by atoms with Gasteiger partial charge in [0.15, 0.2) is 5.78 Å². The highest BCUT2D eigenvalue weighted by Gasteiger charge is 2.63. The van der Waals surface area contributed by atoms with Gasteiger partial charge in [-0.3, -0.25) is 23.9 Å². The van der Waals surface area contributed by atoms with Gasteiger partial charge in [-0.05, 0) is 113 Å². The molecule has 3 fully saturated rings. The minimum atomic E-state index is -4.87. The first-order chi connectivity index (χ1) is 29.1. The number of ether oxygens (including phenoxy) is 4. The van der Waals surface area contributed by atoms with Crippen molar-refractivity contribution >= 4 is 44.4 Å². The molecule has 62 heavy (non-hydrogen) atoms. The number of sulfonamides is 1. The van der Waals surface area contributed by atoms with Crippen LogP contribution in [0.5, 0.6) is 17.5 Å². The van der Waals surface area contributed by atoms with Gasteiger partial charge in [0.25, 0.3) is 0 Å². The average Bonchev–Trinajstić information content (AvgIpc) is 4.09. The van der Waals surface area contributed by atoms with E-state index in [0.717, 1.165) is 31.2 Å². The number of carbonyl (C=O) groups excluding carboxylic acids is 4. The predicted molar refractivity (Wildman–Crippen MR) is 222 cm³/mol. The van der Waals surface area contributed by atoms with E-state index < -0.39 is 91.8 Å². The monoisotopic (exact) mass is 889 g/mol. The Morgan fingerprint density at radius 3 is 2.53 bits per heavy atom. The summed E-state index contributed by atoms with van der Waals surface area (Å²) in [6.07, 6.45) is 1.66. The molecule has 2 aliphatic carbocycles. The van der Waals surface area contributed by atoms with E-state index in [9.17, 15) is 36.0 Å². The Bertz CT molecular complexity index is 2240. The Balaban J connectivity index is 1.26. The number of benzene rings is 1. The van der Waals surface area contributed by atoms with E-state index in [2.05, 4.69) is 4.72 Å². The van der Waals surface area contributed by atoms with Crippen molar-refractivity contribution in [1.29, 1.82) is 0 Å². The topological polar surface area (TPSA) is 168 Å². The summed E-state index contributed by atoms with van der Waals surface area (Å²) < 4.78 is 92.6. The van der Waals surface area contributed by atoms with Crippen molar-refractivity contribution in [3.63, 3.8) is 0 Å². The number of nitrogens with one attached hydrogen (secondary N) is 1. The first-order valence-electron chi connectivity index (χ1n) is 21.8. The molecule has 0 unspecified atom stereocenters. The normalized spacial score (nSPS) is 29.5. The molecule has 1 N–H and O–H groups in total. The molecule has 2 aromatic rings. The zero-order valence-electron chi connectivity index (χ0n) is 36.3. The summed E-state index contributed by atoms with van der Waals surface area (Å²) in [5.41, 5.74) is -3.33. The van der Waals surface area contributed by atoms with E-state index in [0.29, 0.717) is 68.6 Å². The number of carbonyl (C=O) groups is 4. The Morgan fingerprint density at radius 1 is 1.11 bits per heavy atom. The molecule has 0 bridgehead atoms. The van der Waals surface area contributed by atoms with Gasteiger partial charge < -0.3 is 23.8 Å². The maximum absolute atomic E-state index is 15.1. The van der Waals surface area contributed by atoms with Crippen LogP contribution in [-0.4, -0.2) is 90.8 Å². The molecule has 7 rings (SSSR count). The lowest BCUT2D eigenvalue weighted by Crippen LogP contribution is -2.49. The molecule has 7 atom stereocenters. The number of nitrogens with zero attached hydrogens (tertiary/aromatic N) is 2. The van der Waals surface area contributed by atoms with E-state index in [1.54, 1.807) is 20.1 Å². The van der Waals surface area contributed by atoms with Crippen LogP contribution in [0.1, 0.15) is 111 Å². The van der Waals surface area contributed by atoms with Gasteiger partial charge in [0.2, 0.25) is 39.2 Å². The first-order valence-corrected chi connectivity index (χ1v) is 23.3. The fourth-order valence-corrected chi connectivity index (χ4v) is 10.7. The molecule has 1 aromatic carbocycles. The summed E-state index contributed by atoms with van der Waals surface area (Å²) in [5, 5.41) is 1.46. The standard InChI is InChI=1S/C45H58F3N3O10S/c1-7-27-19-26(2)11-8-9-12-28-23-44(28,41(55)50-62(56,57)43(5)16-17-43)24-36(52)35-21-30(25-51(35)40(54)33(27)22-37(53)61-42(3,4)45(46,47)48)60-39-32-15-14-29(58-6)20-34(32)31-13-10-18-59-38(31)49-39/h9,12,14-15,20,26-28,30,33,35H,7-8,10-11,13,16-19,21-25H2,1-6H3,(H,50,55)/b12-9-/t26-,27-,28-,30-,33+,35+,44-/m1/s1. The van der Waals surface area contributed by atoms with Crippen LogP contribution < -0.4 is 18.9 Å². The maximum atomic E-state index is 15.1. The first kappa shape index (κ1) is 45.6. The van der Waals surface area contributed by atoms with E-state index in [1.807, 2.05) is 38.1 Å². The van der Waals surface area contributed by atoms with E-state index in [1.165, 1.54) is 4.90 Å². The molecule has 17 heteroatoms. The molecule has 1 aromatic heterocycles. The predicted octanol–water partition coefficient (Wildman–Crippen LogP) is 7.17. The molecular formula is C45H58F3N3O10S. The second-order valence-electron chi connectivity index (χ2n) is 18.8. The smallest absolute Gasteiger partial charge is 0.427 e. The van der Waals surface area contributed by atoms with Gasteiger partial charge in [0.1, 0.15) is 11.9 Å². The molecule has 1 saturated heterocycles. The zero-order chi connectivity index (χ0) is 45.0. The molecule has 13 nitrogen and oxygen atoms in total. The Kier molecular flexibility index (Phi) is 12.5. The van der Waals surface area contributed by atoms with Crippen molar-refractivity contribution in [2.45, 2.75) is 140 Å². The van der Waals surface area contributed by atoms with Crippen molar-refractivity contribution in [2.75, 3.05) is 20.3 Å². The number of esters is 1. The molecule has 4 heterocycles. The highest BCUT2D eigenvalue weighted by Crippen LogP contribution is 2.58. The third-order valence-electron chi connectivity index (χ3n) is 13.9. The minimum Gasteiger partial charge on any atom is -0.497 e. The lowest BCUT2D eigenvalue weighted by atomic mass is 9.79. The fraction of sp³-hybridized carbons (Fsp3) is 0.667. The average molecular weight is 890 g/mol. The Morgan fingerprint density at radius 2 is 1.85 bits per heavy atom. The van der Waals surface area contributed by atoms with E-state index >= 15 is 4.79 Å². The van der Waals surface area contributed by atoms with Crippen molar-refractivity contribution in [3.05, 3.63) is 35.9 Å². The molecule has 5 aliphatic rings. The number of methoxy groups -OCH3 is 1. The van der Waals surface area contributed by atoms with Crippen LogP contribution in [0.25, 0.3) is 10.8 Å². The number of allylic oxidation sites excluding steroid dienone is 2. The molecule has 0 spiro atoms. The lowest BCUT2D eigenvalue weighted by Gasteiger charge is -2.34. The number of pyridine rings is 1. The van der Waals surface area contributed by atoms with Crippen LogP contribution in [0.4, 0.5) is 13.2 Å². The third-order valence-corrected chi connectivity index (χ3v) is 16.1. The van der Waals surface area contributed by atoms with E-state index in [-0.39, 0.29) is 37.6 Å². The third kappa shape index (κ3) is 9.01. The zero-order valence-corrected chi connectivity index (χ0v) is 37.1. The summed E-state index contributed by atoms with van der Waals surface area (Å²) in [6.45, 7) is 7.22. The van der Waals surface area contributed by atoms with Crippen LogP contribution in [-0.2, 0) is 40.4 Å². The highest BCUT2D eigenvalue weighted by atomic mass is 32.2. The number of hydrogen-bond acceptors (Lipinski definition) is 11. The summed E-state index contributed by atoms with van der Waals surface area (Å²) in [5.74, 6) is -3.93. The highest BCUT2D eigenvalue weighted by molar-refractivity contribution is 7.91. The number of fused-ring (bicyclic) bond motifs is 5. The quantitative estimate of drug-likeness (QED) is 0.190. The van der Waals surface area contributed by atoms with Gasteiger partial charge in [-0.15, -0.1) is 0 Å². The number of ketones is 1. The lowest BCUT2D eigenvalue weighted by molar-refractivity contribution is -0.257. The van der Waals surface area contributed by atoms with Gasteiger partial charge in [-0.2, -0.15) is 18.2 Å². The number of hydrogen-bond donors (Lipinski definition) is 1. The molecular weight excluding hydrogens is 832 g/mol. The van der Waals surface area contributed by atoms with Gasteiger partial charge in [-0.1, -0.05) is 32.4 Å². The molecule has 2 amide bonds. The number of rotatable bonds is 10. The Labute approximate surface area is 360 Å². The van der Waals surface area contributed by atoms with Crippen LogP contribution in [0.2, 0.25) is 0 Å². The number of aryl methyl sites for hydroxylation is 1. The fourth-order valence-electron chi connectivity index (χ4n) is 9.35. The molecule has 3 aliphatic heterocycles. The van der Waals surface area contributed by atoms with E-state index in [4.69, 9.17) is 23.9 Å². The van der Waals surface area contributed by atoms with Crippen LogP contribution in [0.3, 0.4) is 0 Å². The summed E-state index contributed by atoms with van der Waals surface area (Å²) in [7, 11) is -2.49. The van der Waals surface area contributed by atoms with Gasteiger partial charge in [0.05, 0.1) is 48.8 Å². The van der Waals surface area contributed by atoms with Crippen LogP contribution in [0.15, 0.2) is 30.4 Å². The van der Waals surface area contributed by atoms with Gasteiger partial charge in [-0.25, -0.2) is 8.42 Å². The summed E-state index contributed by atoms with van der Waals surface area (Å²) >= 11 is 0. The minimum absolute atomic E-state index is 0.0145.